The van der Waals surface area contributed by atoms with E-state index in [2.05, 4.69) is 37.8 Å². The molecule has 1 atom stereocenters. The summed E-state index contributed by atoms with van der Waals surface area (Å²) in [4.78, 5) is 23.3. The van der Waals surface area contributed by atoms with Crippen molar-refractivity contribution in [3.63, 3.8) is 0 Å². The first-order chi connectivity index (χ1) is 19.0. The van der Waals surface area contributed by atoms with Crippen molar-refractivity contribution in [1.82, 2.24) is 0 Å². The van der Waals surface area contributed by atoms with Crippen LogP contribution in [0.5, 0.6) is 0 Å². The third-order valence-corrected chi connectivity index (χ3v) is 15.6. The molecular weight excluding hydrogens is 667 g/mol. The van der Waals surface area contributed by atoms with E-state index in [1.54, 1.807) is 12.1 Å². The summed E-state index contributed by atoms with van der Waals surface area (Å²) in [6.45, 7) is 21.9. The van der Waals surface area contributed by atoms with E-state index in [0.717, 1.165) is 30.9 Å². The first-order valence-electron chi connectivity index (χ1n) is 14.6. The third kappa shape index (κ3) is 20.1. The number of unbranched alkanes of at least 4 members (excludes halogenated alkanes) is 1. The molecule has 0 aliphatic carbocycles. The largest absolute Gasteiger partial charge is 1.00 e. The number of alkyl halides is 3. The number of esters is 1. The molecule has 1 amide bonds. The molecular formula is C31H59F3KNO6SSi2. The second-order valence-corrected chi connectivity index (χ2v) is 22.9. The van der Waals surface area contributed by atoms with Crippen LogP contribution in [0.4, 0.5) is 13.2 Å². The second-order valence-electron chi connectivity index (χ2n) is 12.5. The van der Waals surface area contributed by atoms with E-state index in [1.165, 1.54) is 31.0 Å². The van der Waals surface area contributed by atoms with E-state index < -0.39 is 38.1 Å². The molecule has 0 N–H and O–H groups in total. The zero-order chi connectivity index (χ0) is 33.0. The van der Waals surface area contributed by atoms with Gasteiger partial charge in [-0.3, -0.25) is 4.79 Å². The Balaban J connectivity index is -0.000000351. The number of amides is 1. The Morgan fingerprint density at radius 2 is 1.38 bits per heavy atom. The fourth-order valence-corrected chi connectivity index (χ4v) is 13.3. The van der Waals surface area contributed by atoms with Gasteiger partial charge in [0, 0.05) is 0 Å². The molecule has 0 spiro atoms. The summed E-state index contributed by atoms with van der Waals surface area (Å²) in [5.74, 6) is -1.28. The van der Waals surface area contributed by atoms with Gasteiger partial charge in [-0.1, -0.05) is 79.7 Å². The minimum Gasteiger partial charge on any atom is -0.534 e. The summed E-state index contributed by atoms with van der Waals surface area (Å²) in [6.07, 6.45) is 5.11. The van der Waals surface area contributed by atoms with E-state index in [-0.39, 0.29) is 89.1 Å². The number of hydrogen-bond donors (Lipinski definition) is 0. The Labute approximate surface area is 317 Å². The number of hydrogen-bond acceptors (Lipinski definition) is 6. The molecule has 0 saturated carbocycles. The number of carbonyl (C=O) groups excluding carboxylic acids is 2. The van der Waals surface area contributed by atoms with Crippen molar-refractivity contribution in [1.29, 1.82) is 0 Å². The van der Waals surface area contributed by atoms with Gasteiger partial charge < -0.3 is 18.4 Å². The summed E-state index contributed by atoms with van der Waals surface area (Å²) in [5.41, 5.74) is -5.23. The van der Waals surface area contributed by atoms with Crippen LogP contribution in [0.25, 0.3) is 4.72 Å². The molecule has 260 valence electrons. The summed E-state index contributed by atoms with van der Waals surface area (Å²) in [7, 11) is -8.97. The first kappa shape index (κ1) is 51.8. The van der Waals surface area contributed by atoms with Crippen LogP contribution in [0.2, 0.25) is 38.3 Å². The fourth-order valence-electron chi connectivity index (χ4n) is 3.86. The predicted octanol–water partition coefficient (Wildman–Crippen LogP) is 7.42. The van der Waals surface area contributed by atoms with Gasteiger partial charge in [0.25, 0.3) is 0 Å². The molecule has 0 fully saturated rings. The van der Waals surface area contributed by atoms with E-state index in [4.69, 9.17) is 8.85 Å². The maximum atomic E-state index is 12.1. The minimum atomic E-state index is -5.80. The molecule has 0 bridgehead atoms. The van der Waals surface area contributed by atoms with Gasteiger partial charge >= 0.3 is 62.9 Å². The number of halogens is 3. The van der Waals surface area contributed by atoms with Crippen LogP contribution in [0.15, 0.2) is 24.3 Å². The van der Waals surface area contributed by atoms with Gasteiger partial charge in [0.05, 0.1) is 17.9 Å². The first-order valence-corrected chi connectivity index (χ1v) is 22.3. The quantitative estimate of drug-likeness (QED) is 0.106. The Kier molecular flexibility index (Phi) is 25.9. The van der Waals surface area contributed by atoms with Gasteiger partial charge in [-0.25, -0.2) is 8.42 Å². The van der Waals surface area contributed by atoms with E-state index >= 15 is 0 Å². The molecule has 1 aromatic rings. The second kappa shape index (κ2) is 22.5. The smallest absolute Gasteiger partial charge is 0.534 e. The predicted molar refractivity (Wildman–Crippen MR) is 181 cm³/mol. The topological polar surface area (TPSA) is 101 Å². The van der Waals surface area contributed by atoms with Crippen LogP contribution in [0, 0.1) is 5.41 Å². The molecule has 0 saturated heterocycles. The summed E-state index contributed by atoms with van der Waals surface area (Å²) in [6, 6.07) is 7.97. The van der Waals surface area contributed by atoms with Gasteiger partial charge in [-0.2, -0.15) is 13.2 Å². The van der Waals surface area contributed by atoms with E-state index in [1.807, 2.05) is 34.6 Å². The normalized spacial score (nSPS) is 12.6. The Morgan fingerprint density at radius 3 is 1.78 bits per heavy atom. The molecule has 45 heavy (non-hydrogen) atoms. The van der Waals surface area contributed by atoms with E-state index in [9.17, 15) is 31.2 Å². The van der Waals surface area contributed by atoms with Crippen molar-refractivity contribution in [2.45, 2.75) is 138 Å². The van der Waals surface area contributed by atoms with Gasteiger partial charge in [0.15, 0.2) is 26.7 Å². The summed E-state index contributed by atoms with van der Waals surface area (Å²) < 4.78 is 72.0. The van der Waals surface area contributed by atoms with Gasteiger partial charge in [0.2, 0.25) is 0 Å². The zero-order valence-electron chi connectivity index (χ0n) is 28.0. The van der Waals surface area contributed by atoms with Crippen LogP contribution in [0.1, 0.15) is 110 Å². The maximum Gasteiger partial charge on any atom is 1.00 e. The number of carbonyl (C=O) groups is 2. The number of sulfonamides is 1. The van der Waals surface area contributed by atoms with Crippen molar-refractivity contribution >= 4 is 38.5 Å². The van der Waals surface area contributed by atoms with E-state index in [0.29, 0.717) is 6.61 Å². The number of benzene rings is 1. The minimum absolute atomic E-state index is 0. The molecule has 1 rings (SSSR count). The van der Waals surface area contributed by atoms with Crippen molar-refractivity contribution in [3.8, 4) is 0 Å². The third-order valence-electron chi connectivity index (χ3n) is 7.11. The molecule has 1 unspecified atom stereocenters. The zero-order valence-corrected chi connectivity index (χ0v) is 33.9. The van der Waals surface area contributed by atoms with Gasteiger partial charge in [-0.05, 0) is 88.4 Å². The Hall–Kier alpha value is -0.0699. The molecule has 14 heteroatoms. The molecule has 0 radical (unpaired) electrons. The Morgan fingerprint density at radius 1 is 0.911 bits per heavy atom. The fraction of sp³-hybridized carbons (Fsp3) is 0.742. The summed E-state index contributed by atoms with van der Waals surface area (Å²) in [5, 5.41) is 0. The van der Waals surface area contributed by atoms with Crippen molar-refractivity contribution in [2.75, 3.05) is 6.61 Å². The number of ether oxygens (including phenoxy) is 1. The molecule has 1 aromatic carbocycles. The van der Waals surface area contributed by atoms with Gasteiger partial charge in [-0.15, -0.1) is 0 Å². The molecule has 7 nitrogen and oxygen atoms in total. The maximum absolute atomic E-state index is 12.1. The molecule has 0 aliphatic heterocycles. The van der Waals surface area contributed by atoms with Crippen molar-refractivity contribution < 1.29 is 91.4 Å². The van der Waals surface area contributed by atoms with Gasteiger partial charge in [0.1, 0.15) is 0 Å². The van der Waals surface area contributed by atoms with Crippen LogP contribution < -0.4 is 51.4 Å². The average molecular weight is 726 g/mol. The SMILES string of the molecule is C.C.CCC(C)c1ccc(C(=O)[N-]S(=O)(=O)C(F)(F)F)cc1.CCCC[Si](C)(C)O[Si](C)(C)CCCOC(=O)C(C)(C)CC.[K+]. The van der Waals surface area contributed by atoms with Crippen LogP contribution in [0.3, 0.4) is 0 Å². The van der Waals surface area contributed by atoms with Crippen molar-refractivity contribution in [2.24, 2.45) is 5.41 Å². The van der Waals surface area contributed by atoms with Crippen LogP contribution in [-0.4, -0.2) is 49.0 Å². The van der Waals surface area contributed by atoms with Crippen molar-refractivity contribution in [3.05, 3.63) is 40.1 Å². The number of nitrogens with zero attached hydrogens (tertiary/aromatic N) is 1. The van der Waals surface area contributed by atoms with Crippen LogP contribution >= 0.6 is 0 Å². The molecule has 0 aliphatic rings. The molecule has 0 aromatic heterocycles. The Bertz CT molecular complexity index is 1100. The number of rotatable bonds is 15. The summed E-state index contributed by atoms with van der Waals surface area (Å²) >= 11 is 0. The van der Waals surface area contributed by atoms with Crippen LogP contribution in [-0.2, 0) is 23.7 Å². The monoisotopic (exact) mass is 725 g/mol. The average Bonchev–Trinajstić information content (AvgIpc) is 2.88. The standard InChI is InChI=1S/C17H38O3Si2.C12H14F3NO3S.2CH4.K/c1-9-11-14-21(5,6)20-22(7,8)15-12-13-19-16(18)17(3,4)10-2;1-3-8(2)9-4-6-10(7-5-9)11(17)16-20(18,19)12(13,14)15;;;/h9-15H2,1-8H3;4-8H,3H2,1-2H3,(H,16,17);2*1H4;/q;;;;+1/p-1. The molecule has 0 heterocycles.